The highest BCUT2D eigenvalue weighted by molar-refractivity contribution is 6.13. The van der Waals surface area contributed by atoms with Crippen molar-refractivity contribution in [2.24, 2.45) is 0 Å². The van der Waals surface area contributed by atoms with E-state index in [9.17, 15) is 5.26 Å². The molecule has 2 aromatic heterocycles. The Kier molecular flexibility index (Phi) is 10.9. The molecule has 0 N–H and O–H groups in total. The standard InChI is InChI=1S/C67H45F3N4/c1-40-11-6-15-44(29-40)48-21-25-53-54-26-22-49(45-16-7-12-41(2)30-45)34-62(54)73(61(53)33-48)60-38-57(66-58(67(68,69)70)19-10-20-59(66)72-5)65(37-52(60)39-71)74-63-35-50(46-17-8-13-42(3)31-46)23-27-55(63)56-28-24-51(36-64(56)74)47-18-9-14-43(4)32-47/h6-38H,1-4H3. The van der Waals surface area contributed by atoms with Gasteiger partial charge in [0.05, 0.1) is 51.1 Å². The summed E-state index contributed by atoms with van der Waals surface area (Å²) in [6, 6.07) is 67.7. The molecule has 0 aliphatic rings. The predicted molar refractivity (Wildman–Crippen MR) is 297 cm³/mol. The Morgan fingerprint density at radius 1 is 0.419 bits per heavy atom. The van der Waals surface area contributed by atoms with Gasteiger partial charge in [0.1, 0.15) is 6.07 Å². The topological polar surface area (TPSA) is 38.0 Å². The fraction of sp³-hybridized carbons (Fsp3) is 0.0746. The van der Waals surface area contributed by atoms with Crippen molar-refractivity contribution in [2.75, 3.05) is 0 Å². The minimum atomic E-state index is -4.85. The van der Waals surface area contributed by atoms with Gasteiger partial charge in [-0.05, 0) is 114 Å². The van der Waals surface area contributed by atoms with Gasteiger partial charge in [-0.25, -0.2) is 4.85 Å². The zero-order valence-corrected chi connectivity index (χ0v) is 41.0. The zero-order valence-electron chi connectivity index (χ0n) is 41.0. The number of hydrogen-bond donors (Lipinski definition) is 0. The molecule has 0 unspecified atom stereocenters. The van der Waals surface area contributed by atoms with Gasteiger partial charge >= 0.3 is 6.18 Å². The van der Waals surface area contributed by atoms with Gasteiger partial charge in [0, 0.05) is 27.1 Å². The monoisotopic (exact) mass is 962 g/mol. The van der Waals surface area contributed by atoms with Crippen LogP contribution in [0.15, 0.2) is 200 Å². The molecule has 0 fully saturated rings. The summed E-state index contributed by atoms with van der Waals surface area (Å²) in [5, 5.41) is 15.2. The van der Waals surface area contributed by atoms with E-state index in [-0.39, 0.29) is 22.4 Å². The molecule has 0 bridgehead atoms. The molecule has 12 rings (SSSR count). The molecule has 0 spiro atoms. The van der Waals surface area contributed by atoms with E-state index >= 15 is 13.2 Å². The lowest BCUT2D eigenvalue weighted by Crippen LogP contribution is -2.10. The van der Waals surface area contributed by atoms with Gasteiger partial charge in [-0.15, -0.1) is 0 Å². The van der Waals surface area contributed by atoms with Crippen LogP contribution in [0.2, 0.25) is 0 Å². The molecule has 354 valence electrons. The highest BCUT2D eigenvalue weighted by atomic mass is 19.4. The van der Waals surface area contributed by atoms with Gasteiger partial charge in [0.15, 0.2) is 5.69 Å². The molecule has 2 heterocycles. The highest BCUT2D eigenvalue weighted by Crippen LogP contribution is 2.49. The summed E-state index contributed by atoms with van der Waals surface area (Å²) < 4.78 is 51.5. The van der Waals surface area contributed by atoms with Crippen molar-refractivity contribution < 1.29 is 13.2 Å². The van der Waals surface area contributed by atoms with Gasteiger partial charge in [0.2, 0.25) is 0 Å². The molecule has 0 amide bonds. The van der Waals surface area contributed by atoms with Crippen LogP contribution in [0, 0.1) is 45.6 Å². The Bertz CT molecular complexity index is 4180. The third kappa shape index (κ3) is 7.78. The van der Waals surface area contributed by atoms with E-state index in [0.29, 0.717) is 11.4 Å². The Hall–Kier alpha value is -9.43. The number of nitrogens with zero attached hydrogens (tertiary/aromatic N) is 4. The fourth-order valence-corrected chi connectivity index (χ4v) is 11.0. The second-order valence-electron chi connectivity index (χ2n) is 19.4. The van der Waals surface area contributed by atoms with Crippen LogP contribution in [0.4, 0.5) is 18.9 Å². The van der Waals surface area contributed by atoms with Gasteiger partial charge in [-0.1, -0.05) is 186 Å². The first-order valence-corrected chi connectivity index (χ1v) is 24.5. The van der Waals surface area contributed by atoms with Crippen molar-refractivity contribution in [2.45, 2.75) is 33.9 Å². The van der Waals surface area contributed by atoms with Crippen LogP contribution in [-0.2, 0) is 6.18 Å². The molecular weight excluding hydrogens is 918 g/mol. The normalized spacial score (nSPS) is 11.7. The summed E-state index contributed by atoms with van der Waals surface area (Å²) >= 11 is 0. The molecule has 0 radical (unpaired) electrons. The number of hydrogen-bond acceptors (Lipinski definition) is 1. The van der Waals surface area contributed by atoms with E-state index in [1.54, 1.807) is 12.1 Å². The molecule has 0 saturated heterocycles. The predicted octanol–water partition coefficient (Wildman–Crippen LogP) is 18.9. The number of aryl methyl sites for hydroxylation is 4. The summed E-state index contributed by atoms with van der Waals surface area (Å²) in [7, 11) is 0. The largest absolute Gasteiger partial charge is 0.415 e. The van der Waals surface area contributed by atoms with Crippen molar-refractivity contribution in [3.63, 3.8) is 0 Å². The highest BCUT2D eigenvalue weighted by Gasteiger charge is 2.36. The van der Waals surface area contributed by atoms with E-state index < -0.39 is 11.7 Å². The summed E-state index contributed by atoms with van der Waals surface area (Å²) in [5.41, 5.74) is 14.8. The number of nitriles is 1. The summed E-state index contributed by atoms with van der Waals surface area (Å²) in [6.07, 6.45) is -4.85. The molecule has 0 aliphatic carbocycles. The van der Waals surface area contributed by atoms with E-state index in [0.717, 1.165) is 116 Å². The van der Waals surface area contributed by atoms with E-state index in [2.05, 4.69) is 120 Å². The maximum Gasteiger partial charge on any atom is 0.415 e. The molecule has 10 aromatic carbocycles. The third-order valence-electron chi connectivity index (χ3n) is 14.4. The van der Waals surface area contributed by atoms with Gasteiger partial charge in [-0.2, -0.15) is 18.4 Å². The second-order valence-corrected chi connectivity index (χ2v) is 19.4. The summed E-state index contributed by atoms with van der Waals surface area (Å²) in [6.45, 7) is 16.6. The number of aromatic nitrogens is 2. The van der Waals surface area contributed by atoms with E-state index in [1.165, 1.54) is 12.1 Å². The molecule has 4 nitrogen and oxygen atoms in total. The Labute approximate surface area is 426 Å². The lowest BCUT2D eigenvalue weighted by molar-refractivity contribution is -0.137. The average molecular weight is 963 g/mol. The molecule has 0 aliphatic heterocycles. The molecule has 74 heavy (non-hydrogen) atoms. The van der Waals surface area contributed by atoms with Crippen molar-refractivity contribution >= 4 is 49.3 Å². The van der Waals surface area contributed by atoms with Crippen LogP contribution >= 0.6 is 0 Å². The Balaban J connectivity index is 1.25. The van der Waals surface area contributed by atoms with E-state index in [4.69, 9.17) is 6.57 Å². The SMILES string of the molecule is [C-]#[N+]c1cccc(C(F)(F)F)c1-c1cc(-n2c3cc(-c4cccc(C)c4)ccc3c3ccc(-c4cccc(C)c4)cc32)c(C#N)cc1-n1c2cc(-c3cccc(C)c3)ccc2c2ccc(-c3cccc(C)c3)cc21. The Morgan fingerprint density at radius 3 is 1.11 bits per heavy atom. The molecule has 0 atom stereocenters. The maximum atomic E-state index is 15.8. The zero-order chi connectivity index (χ0) is 51.0. The molecule has 0 saturated carbocycles. The maximum absolute atomic E-state index is 15.8. The summed E-state index contributed by atoms with van der Waals surface area (Å²) in [4.78, 5) is 3.80. The first-order valence-electron chi connectivity index (χ1n) is 24.5. The third-order valence-corrected chi connectivity index (χ3v) is 14.4. The van der Waals surface area contributed by atoms with Crippen LogP contribution < -0.4 is 0 Å². The van der Waals surface area contributed by atoms with Crippen molar-refractivity contribution in [3.05, 3.63) is 245 Å². The quantitative estimate of drug-likeness (QED) is 0.147. The van der Waals surface area contributed by atoms with Crippen molar-refractivity contribution in [3.8, 4) is 73.1 Å². The number of benzene rings is 10. The smallest absolute Gasteiger partial charge is 0.309 e. The lowest BCUT2D eigenvalue weighted by Gasteiger charge is -2.22. The first kappa shape index (κ1) is 45.7. The number of alkyl halides is 3. The lowest BCUT2D eigenvalue weighted by atomic mass is 9.93. The summed E-state index contributed by atoms with van der Waals surface area (Å²) in [5.74, 6) is 0. The van der Waals surface area contributed by atoms with E-state index in [1.807, 2.05) is 97.5 Å². The van der Waals surface area contributed by atoms with Gasteiger partial charge in [0.25, 0.3) is 0 Å². The van der Waals surface area contributed by atoms with Crippen LogP contribution in [-0.4, -0.2) is 9.13 Å². The molecule has 7 heteroatoms. The van der Waals surface area contributed by atoms with Crippen LogP contribution in [0.1, 0.15) is 33.4 Å². The van der Waals surface area contributed by atoms with Crippen LogP contribution in [0.25, 0.3) is 115 Å². The van der Waals surface area contributed by atoms with Gasteiger partial charge in [-0.3, -0.25) is 0 Å². The number of fused-ring (bicyclic) bond motifs is 6. The minimum Gasteiger partial charge on any atom is -0.309 e. The number of halogens is 3. The second kappa shape index (κ2) is 17.7. The van der Waals surface area contributed by atoms with Gasteiger partial charge < -0.3 is 9.13 Å². The molecular formula is C67H45F3N4. The van der Waals surface area contributed by atoms with Crippen LogP contribution in [0.3, 0.4) is 0 Å². The Morgan fingerprint density at radius 2 is 0.770 bits per heavy atom. The fourth-order valence-electron chi connectivity index (χ4n) is 11.0. The van der Waals surface area contributed by atoms with Crippen molar-refractivity contribution in [1.82, 2.24) is 9.13 Å². The average Bonchev–Trinajstić information content (AvgIpc) is 3.92. The molecule has 12 aromatic rings. The first-order chi connectivity index (χ1) is 35.8. The minimum absolute atomic E-state index is 0.151. The number of rotatable bonds is 7. The van der Waals surface area contributed by atoms with Crippen molar-refractivity contribution in [1.29, 1.82) is 5.26 Å². The van der Waals surface area contributed by atoms with Crippen LogP contribution in [0.5, 0.6) is 0 Å².